The number of nitrogens with one attached hydrogen (secondary N) is 1. The van der Waals surface area contributed by atoms with Crippen molar-refractivity contribution in [1.82, 2.24) is 20.0 Å². The van der Waals surface area contributed by atoms with Crippen molar-refractivity contribution in [3.05, 3.63) is 131 Å². The number of carbonyl (C=O) groups excluding carboxylic acids is 4. The minimum atomic E-state index is -0.760. The van der Waals surface area contributed by atoms with E-state index in [-0.39, 0.29) is 263 Å². The van der Waals surface area contributed by atoms with Crippen LogP contribution in [0.3, 0.4) is 0 Å². The average Bonchev–Trinajstić information content (AvgIpc) is 3.71. The van der Waals surface area contributed by atoms with Gasteiger partial charge in [-0.3, -0.25) is 27.7 Å². The van der Waals surface area contributed by atoms with Crippen molar-refractivity contribution in [2.75, 3.05) is 60.7 Å². The zero-order valence-electron chi connectivity index (χ0n) is 42.8. The number of aromatic nitrogens is 2. The molecule has 4 aromatic rings. The van der Waals surface area contributed by atoms with Gasteiger partial charge in [-0.05, 0) is 98.8 Å². The number of hydrogen-bond acceptors (Lipinski definition) is 10. The van der Waals surface area contributed by atoms with Crippen LogP contribution in [0.25, 0.3) is 43.6 Å². The van der Waals surface area contributed by atoms with Crippen LogP contribution in [-0.2, 0) is 67.5 Å². The summed E-state index contributed by atoms with van der Waals surface area (Å²) in [5.41, 5.74) is 13.0. The topological polar surface area (TPSA) is 240 Å². The van der Waals surface area contributed by atoms with E-state index in [1.165, 1.54) is 24.8 Å². The van der Waals surface area contributed by atoms with Crippen LogP contribution >= 0.6 is 0 Å². The number of rotatable bonds is 25. The number of amides is 2. The number of nitrogens with zero attached hydrogens (tertiary/aromatic N) is 7. The van der Waals surface area contributed by atoms with Crippen LogP contribution < -0.4 is 222 Å². The molecule has 6 rings (SSSR count). The summed E-state index contributed by atoms with van der Waals surface area (Å²) >= 11 is 0. The Balaban J connectivity index is 0. The van der Waals surface area contributed by atoms with Crippen molar-refractivity contribution in [3.8, 4) is 11.4 Å². The Labute approximate surface area is 586 Å². The van der Waals surface area contributed by atoms with Gasteiger partial charge in [0.2, 0.25) is 11.8 Å². The molecule has 2 aliphatic rings. The van der Waals surface area contributed by atoms with Crippen LogP contribution in [0.1, 0.15) is 71.6 Å². The SMILES string of the molecule is C/C=C\C(=O)NCCCCC[N-]C[N-]C[N-]C(Cc1ccccc1)N(F)C[N-]COCC(N)=O.C=O.CO.COCc1c(CC=O)cc2n(c1=O)Cc1c-2nc2cc(F)c(C)c3c2c1CCC3.[K+].[K+].[K+].[K+]. The minimum Gasteiger partial charge on any atom is -0.699 e. The fourth-order valence-corrected chi connectivity index (χ4v) is 7.73. The monoisotopic (exact) mass is 1090 g/mol. The van der Waals surface area contributed by atoms with E-state index in [2.05, 4.69) is 26.6 Å². The van der Waals surface area contributed by atoms with E-state index < -0.39 is 12.1 Å². The Bertz CT molecular complexity index is 2300. The molecule has 2 amide bonds. The van der Waals surface area contributed by atoms with Gasteiger partial charge in [0.15, 0.2) is 0 Å². The number of aldehydes is 1. The molecule has 366 valence electrons. The molecule has 71 heavy (non-hydrogen) atoms. The molecule has 1 aliphatic carbocycles. The number of unbranched alkanes of at least 4 members (excludes halogenated alkanes) is 2. The normalized spacial score (nSPS) is 11.8. The smallest absolute Gasteiger partial charge is 0.699 e. The molecule has 23 heteroatoms. The van der Waals surface area contributed by atoms with E-state index >= 15 is 0 Å². The maximum Gasteiger partial charge on any atom is 1.00 e. The number of allylic oxidation sites excluding steroid dienone is 1. The number of aliphatic hydroxyl groups excluding tert-OH is 1. The Morgan fingerprint density at radius 1 is 1.01 bits per heavy atom. The molecule has 1 unspecified atom stereocenters. The van der Waals surface area contributed by atoms with Gasteiger partial charge in [0.25, 0.3) is 5.56 Å². The van der Waals surface area contributed by atoms with Crippen LogP contribution in [0.5, 0.6) is 0 Å². The molecular weight excluding hydrogens is 1020 g/mol. The quantitative estimate of drug-likeness (QED) is 0.0165. The molecule has 1 aliphatic heterocycles. The molecule has 4 N–H and O–H groups in total. The first-order valence-corrected chi connectivity index (χ1v) is 21.9. The van der Waals surface area contributed by atoms with Gasteiger partial charge in [-0.2, -0.15) is 11.7 Å². The summed E-state index contributed by atoms with van der Waals surface area (Å²) in [5.74, 6) is -0.914. The average molecular weight is 1090 g/mol. The molecule has 2 aromatic heterocycles. The minimum absolute atomic E-state index is 0. The molecule has 0 bridgehead atoms. The summed E-state index contributed by atoms with van der Waals surface area (Å²) in [5, 5.41) is 28.2. The number of aliphatic hydroxyl groups is 1. The summed E-state index contributed by atoms with van der Waals surface area (Å²) in [7, 11) is 2.54. The summed E-state index contributed by atoms with van der Waals surface area (Å²) < 4.78 is 41.0. The largest absolute Gasteiger partial charge is 1.00 e. The van der Waals surface area contributed by atoms with E-state index in [4.69, 9.17) is 30.1 Å². The molecule has 0 saturated heterocycles. The number of hydrogen-bond donors (Lipinski definition) is 3. The van der Waals surface area contributed by atoms with E-state index in [0.717, 1.165) is 79.7 Å². The van der Waals surface area contributed by atoms with Crippen molar-refractivity contribution in [2.24, 2.45) is 5.73 Å². The Kier molecular flexibility index (Phi) is 44.7. The van der Waals surface area contributed by atoms with E-state index in [9.17, 15) is 28.0 Å². The first kappa shape index (κ1) is 74.0. The number of primary amides is 1. The van der Waals surface area contributed by atoms with Gasteiger partial charge in [0.05, 0.1) is 30.1 Å². The molecule has 0 saturated carbocycles. The standard InChI is InChI=1S/C23H36FN7O3.C23H21FN2O3.CH4O.CH2O.4K/c1-2-9-23(33)29-13-8-4-7-12-26-16-27-17-30-22(14-20-10-5-3-6-11-20)31(24)18-28-19-34-15-21(25)32;1-12-14-4-3-5-15-16-10-26-20(22(16)25-19(21(14)15)9-18(12)24)8-13(6-7-27)17(11-29-2)23(26)28;2*1-2;;;;/h2-3,5-6,9-11,22H,4,7-8,12-19H2,1H3,(H2,25,32)(H,29,33);7-9H,3-6,10-11H2,1-2H3;2H,1H3;1H2;;;;/q-4;;;;4*+1/b9-2-;;;;;;;. The van der Waals surface area contributed by atoms with Crippen molar-refractivity contribution < 1.29 is 248 Å². The number of nitrogens with two attached hydrogens (primary N) is 1. The Morgan fingerprint density at radius 3 is 2.38 bits per heavy atom. The molecule has 1 atom stereocenters. The second kappa shape index (κ2) is 42.9. The molecule has 2 aromatic carbocycles. The second-order valence-corrected chi connectivity index (χ2v) is 15.2. The first-order chi connectivity index (χ1) is 32.6. The summed E-state index contributed by atoms with van der Waals surface area (Å²) in [6, 6.07) is 12.9. The predicted molar refractivity (Wildman–Crippen MR) is 254 cm³/mol. The molecule has 0 radical (unpaired) electrons. The Hall–Kier alpha value is 0.905. The van der Waals surface area contributed by atoms with Crippen LogP contribution in [0.15, 0.2) is 59.4 Å². The third-order valence-corrected chi connectivity index (χ3v) is 10.8. The Morgan fingerprint density at radius 2 is 1.72 bits per heavy atom. The molecule has 3 heterocycles. The van der Waals surface area contributed by atoms with Crippen molar-refractivity contribution >= 4 is 35.8 Å². The van der Waals surface area contributed by atoms with Crippen molar-refractivity contribution in [1.29, 1.82) is 0 Å². The number of benzene rings is 2. The number of carbonyl (C=O) groups is 4. The number of halogens is 2. The third kappa shape index (κ3) is 24.2. The van der Waals surface area contributed by atoms with Crippen molar-refractivity contribution in [3.63, 3.8) is 0 Å². The number of pyridine rings is 2. The molecular formula is C48H63F2K4N9O8. The number of methoxy groups -OCH3 is 1. The van der Waals surface area contributed by atoms with Gasteiger partial charge in [-0.25, -0.2) is 9.37 Å². The van der Waals surface area contributed by atoms with Gasteiger partial charge in [0, 0.05) is 49.8 Å². The second-order valence-electron chi connectivity index (χ2n) is 15.2. The maximum atomic E-state index is 14.6. The zero-order valence-corrected chi connectivity index (χ0v) is 55.3. The van der Waals surface area contributed by atoms with E-state index in [1.54, 1.807) is 17.6 Å². The van der Waals surface area contributed by atoms with Gasteiger partial charge < -0.3 is 61.1 Å². The van der Waals surface area contributed by atoms with Crippen LogP contribution in [-0.4, -0.2) is 111 Å². The molecule has 0 spiro atoms. The fourth-order valence-electron chi connectivity index (χ4n) is 7.73. The predicted octanol–water partition coefficient (Wildman–Crippen LogP) is -5.88. The van der Waals surface area contributed by atoms with E-state index in [0.29, 0.717) is 65.7 Å². The summed E-state index contributed by atoms with van der Waals surface area (Å²) in [6.07, 6.45) is 9.25. The fraction of sp³-hybridized carbons (Fsp3) is 0.458. The maximum absolute atomic E-state index is 14.6. The van der Waals surface area contributed by atoms with Crippen LogP contribution in [0, 0.1) is 12.7 Å². The molecule has 0 fully saturated rings. The number of ether oxygens (including phenoxy) is 2. The van der Waals surface area contributed by atoms with E-state index in [1.807, 2.05) is 50.1 Å². The van der Waals surface area contributed by atoms with Gasteiger partial charge in [0.1, 0.15) is 25.5 Å². The zero-order chi connectivity index (χ0) is 49.1. The van der Waals surface area contributed by atoms with Crippen LogP contribution in [0.4, 0.5) is 8.87 Å². The summed E-state index contributed by atoms with van der Waals surface area (Å²) in [4.78, 5) is 59.1. The van der Waals surface area contributed by atoms with Gasteiger partial charge >= 0.3 is 206 Å². The third-order valence-electron chi connectivity index (χ3n) is 10.8. The number of fused-ring (bicyclic) bond motifs is 4. The van der Waals surface area contributed by atoms with Crippen LogP contribution in [0.2, 0.25) is 0 Å². The van der Waals surface area contributed by atoms with Gasteiger partial charge in [-0.1, -0.05) is 55.9 Å². The first-order valence-electron chi connectivity index (χ1n) is 21.9. The molecule has 17 nitrogen and oxygen atoms in total. The van der Waals surface area contributed by atoms with Crippen molar-refractivity contribution in [2.45, 2.75) is 84.5 Å². The summed E-state index contributed by atoms with van der Waals surface area (Å²) in [6.45, 7) is 7.36. The van der Waals surface area contributed by atoms with Gasteiger partial charge in [-0.15, -0.1) is 4.48 Å². The number of aryl methyl sites for hydroxylation is 2.